The lowest BCUT2D eigenvalue weighted by atomic mass is 9.98. The first-order valence-corrected chi connectivity index (χ1v) is 8.44. The van der Waals surface area contributed by atoms with E-state index in [4.69, 9.17) is 0 Å². The highest BCUT2D eigenvalue weighted by atomic mass is 14.8. The molecule has 0 aliphatic heterocycles. The molecule has 1 heterocycles. The molecule has 0 bridgehead atoms. The van der Waals surface area contributed by atoms with E-state index in [9.17, 15) is 0 Å². The lowest BCUT2D eigenvalue weighted by Gasteiger charge is -2.08. The van der Waals surface area contributed by atoms with Crippen LogP contribution in [-0.4, -0.2) is 9.97 Å². The summed E-state index contributed by atoms with van der Waals surface area (Å²) in [7, 11) is 0. The molecule has 2 nitrogen and oxygen atoms in total. The van der Waals surface area contributed by atoms with E-state index in [0.29, 0.717) is 0 Å². The Morgan fingerprint density at radius 1 is 0.696 bits per heavy atom. The Hall–Kier alpha value is -2.22. The molecule has 23 heavy (non-hydrogen) atoms. The maximum Gasteiger partial charge on any atom is 0.125 e. The zero-order valence-electron chi connectivity index (χ0n) is 15.4. The molecule has 0 atom stereocenters. The van der Waals surface area contributed by atoms with E-state index >= 15 is 0 Å². The first kappa shape index (κ1) is 18.8. The van der Waals surface area contributed by atoms with Crippen molar-refractivity contribution < 1.29 is 0 Å². The number of benzene rings is 2. The van der Waals surface area contributed by atoms with Crippen molar-refractivity contribution in [3.8, 4) is 11.1 Å². The summed E-state index contributed by atoms with van der Waals surface area (Å²) in [6.07, 6.45) is 3.76. The van der Waals surface area contributed by atoms with Gasteiger partial charge in [0.1, 0.15) is 5.82 Å². The summed E-state index contributed by atoms with van der Waals surface area (Å²) in [6.45, 7) is 14.2. The average molecular weight is 308 g/mol. The van der Waals surface area contributed by atoms with Crippen molar-refractivity contribution >= 4 is 10.8 Å². The van der Waals surface area contributed by atoms with Crippen molar-refractivity contribution in [2.45, 2.75) is 48.5 Å². The zero-order chi connectivity index (χ0) is 17.4. The van der Waals surface area contributed by atoms with Crippen molar-refractivity contribution in [2.24, 2.45) is 0 Å². The third-order valence-corrected chi connectivity index (χ3v) is 3.67. The summed E-state index contributed by atoms with van der Waals surface area (Å²) < 4.78 is 0. The number of nitrogens with zero attached hydrogens (tertiary/aromatic N) is 2. The molecule has 0 unspecified atom stereocenters. The van der Waals surface area contributed by atoms with Crippen molar-refractivity contribution in [3.05, 3.63) is 59.7 Å². The minimum atomic E-state index is 0.802. The summed E-state index contributed by atoms with van der Waals surface area (Å²) >= 11 is 0. The summed E-state index contributed by atoms with van der Waals surface area (Å²) in [5.41, 5.74) is 4.91. The predicted molar refractivity (Wildman–Crippen MR) is 102 cm³/mol. The molecule has 3 aromatic rings. The molecular formula is C21H28N2. The van der Waals surface area contributed by atoms with E-state index in [1.807, 2.05) is 47.0 Å². The quantitative estimate of drug-likeness (QED) is 0.529. The number of hydrogen-bond donors (Lipinski definition) is 0. The molecule has 3 rings (SSSR count). The van der Waals surface area contributed by atoms with Crippen molar-refractivity contribution in [3.63, 3.8) is 0 Å². The molecule has 0 radical (unpaired) electrons. The molecule has 2 heteroatoms. The second-order valence-electron chi connectivity index (χ2n) is 4.96. The van der Waals surface area contributed by atoms with Crippen molar-refractivity contribution in [2.75, 3.05) is 0 Å². The maximum absolute atomic E-state index is 4.26. The highest BCUT2D eigenvalue weighted by molar-refractivity contribution is 5.90. The van der Waals surface area contributed by atoms with E-state index in [1.54, 1.807) is 0 Å². The van der Waals surface area contributed by atoms with Gasteiger partial charge in [-0.3, -0.25) is 0 Å². The maximum atomic E-state index is 4.26. The molecule has 0 N–H and O–H groups in total. The Kier molecular flexibility index (Phi) is 7.40. The van der Waals surface area contributed by atoms with Gasteiger partial charge in [-0.1, -0.05) is 52.0 Å². The molecule has 1 aromatic heterocycles. The third kappa shape index (κ3) is 4.38. The van der Waals surface area contributed by atoms with E-state index < -0.39 is 0 Å². The predicted octanol–water partition coefficient (Wildman–Crippen LogP) is 6.27. The van der Waals surface area contributed by atoms with Gasteiger partial charge >= 0.3 is 0 Å². The zero-order valence-corrected chi connectivity index (χ0v) is 15.4. The number of aryl methyl sites for hydroxylation is 3. The normalized spacial score (nSPS) is 9.52. The second kappa shape index (κ2) is 9.04. The van der Waals surface area contributed by atoms with Crippen LogP contribution in [0.25, 0.3) is 21.9 Å². The molecule has 0 saturated carbocycles. The molecule has 122 valence electrons. The summed E-state index contributed by atoms with van der Waals surface area (Å²) in [4.78, 5) is 8.51. The molecule has 0 saturated heterocycles. The molecular weight excluding hydrogens is 280 g/mol. The molecule has 0 amide bonds. The molecule has 2 aromatic carbocycles. The highest BCUT2D eigenvalue weighted by Gasteiger charge is 2.04. The van der Waals surface area contributed by atoms with Gasteiger partial charge in [-0.2, -0.15) is 0 Å². The van der Waals surface area contributed by atoms with Gasteiger partial charge in [0.05, 0.1) is 0 Å². The fourth-order valence-electron chi connectivity index (χ4n) is 2.32. The van der Waals surface area contributed by atoms with Gasteiger partial charge < -0.3 is 0 Å². The van der Waals surface area contributed by atoms with Crippen molar-refractivity contribution in [1.29, 1.82) is 0 Å². The van der Waals surface area contributed by atoms with Crippen LogP contribution >= 0.6 is 0 Å². The molecule has 0 aliphatic carbocycles. The Labute approximate surface area is 140 Å². The first-order valence-electron chi connectivity index (χ1n) is 8.44. The largest absolute Gasteiger partial charge is 0.241 e. The van der Waals surface area contributed by atoms with E-state index in [-0.39, 0.29) is 0 Å². The lowest BCUT2D eigenvalue weighted by Crippen LogP contribution is -1.89. The van der Waals surface area contributed by atoms with Crippen LogP contribution in [0.2, 0.25) is 0 Å². The van der Waals surface area contributed by atoms with Crippen LogP contribution < -0.4 is 0 Å². The van der Waals surface area contributed by atoms with Crippen LogP contribution in [0.3, 0.4) is 0 Å². The highest BCUT2D eigenvalue weighted by Crippen LogP contribution is 2.27. The molecule has 0 fully saturated rings. The minimum Gasteiger partial charge on any atom is -0.241 e. The van der Waals surface area contributed by atoms with Crippen LogP contribution in [0.1, 0.15) is 44.6 Å². The summed E-state index contributed by atoms with van der Waals surface area (Å²) in [6, 6.07) is 10.9. The Balaban J connectivity index is 0.000000615. The van der Waals surface area contributed by atoms with Crippen LogP contribution in [0.4, 0.5) is 0 Å². The van der Waals surface area contributed by atoms with Crippen LogP contribution in [0.15, 0.2) is 42.7 Å². The van der Waals surface area contributed by atoms with Gasteiger partial charge in [-0.15, -0.1) is 0 Å². The van der Waals surface area contributed by atoms with Gasteiger partial charge in [0.15, 0.2) is 0 Å². The van der Waals surface area contributed by atoms with Crippen LogP contribution in [0, 0.1) is 20.8 Å². The third-order valence-electron chi connectivity index (χ3n) is 3.67. The smallest absolute Gasteiger partial charge is 0.125 e. The Bertz CT molecular complexity index is 744. The van der Waals surface area contributed by atoms with E-state index in [0.717, 1.165) is 17.0 Å². The van der Waals surface area contributed by atoms with Gasteiger partial charge in [-0.25, -0.2) is 9.97 Å². The van der Waals surface area contributed by atoms with Crippen LogP contribution in [0.5, 0.6) is 0 Å². The fraction of sp³-hybridized carbons (Fsp3) is 0.333. The van der Waals surface area contributed by atoms with Gasteiger partial charge in [0.2, 0.25) is 0 Å². The lowest BCUT2D eigenvalue weighted by molar-refractivity contribution is 1.06. The van der Waals surface area contributed by atoms with E-state index in [1.165, 1.54) is 21.9 Å². The number of fused-ring (bicyclic) bond motifs is 1. The van der Waals surface area contributed by atoms with Crippen molar-refractivity contribution in [1.82, 2.24) is 9.97 Å². The topological polar surface area (TPSA) is 25.8 Å². The van der Waals surface area contributed by atoms with Crippen LogP contribution in [-0.2, 0) is 0 Å². The minimum absolute atomic E-state index is 0.802. The number of hydrogen-bond acceptors (Lipinski definition) is 2. The monoisotopic (exact) mass is 308 g/mol. The standard InChI is InChI=1S/C17H16N2.2C2H6/c1-11-4-5-15-8-14(6-7-17(15)12(11)2)16-9-18-13(3)19-10-16;2*1-2/h4-10H,1-3H3;2*1-2H3. The average Bonchev–Trinajstić information content (AvgIpc) is 2.62. The molecule has 0 spiro atoms. The Morgan fingerprint density at radius 2 is 1.30 bits per heavy atom. The number of aromatic nitrogens is 2. The summed E-state index contributed by atoms with van der Waals surface area (Å²) in [5.74, 6) is 0.802. The molecule has 0 aliphatic rings. The fourth-order valence-corrected chi connectivity index (χ4v) is 2.32. The second-order valence-corrected chi connectivity index (χ2v) is 4.96. The summed E-state index contributed by atoms with van der Waals surface area (Å²) in [5, 5.41) is 2.58. The van der Waals surface area contributed by atoms with Gasteiger partial charge in [0.25, 0.3) is 0 Å². The Morgan fingerprint density at radius 3 is 1.91 bits per heavy atom. The SMILES string of the molecule is CC.CC.Cc1ncc(-c2ccc3c(C)c(C)ccc3c2)cn1. The van der Waals surface area contributed by atoms with E-state index in [2.05, 4.69) is 54.1 Å². The number of rotatable bonds is 1. The van der Waals surface area contributed by atoms with Gasteiger partial charge in [-0.05, 0) is 54.3 Å². The first-order chi connectivity index (χ1) is 11.1. The van der Waals surface area contributed by atoms with Gasteiger partial charge in [0, 0.05) is 18.0 Å².